The van der Waals surface area contributed by atoms with Gasteiger partial charge in [0.15, 0.2) is 0 Å². The molecule has 1 saturated heterocycles. The molecule has 0 spiro atoms. The first-order valence-electron chi connectivity index (χ1n) is 7.91. The third-order valence-electron chi connectivity index (χ3n) is 4.86. The Bertz CT molecular complexity index is 410. The van der Waals surface area contributed by atoms with Crippen LogP contribution in [0.4, 0.5) is 4.79 Å². The molecule has 2 fully saturated rings. The first kappa shape index (κ1) is 16.2. The largest absolute Gasteiger partial charge is 0.330 e. The molecule has 1 aliphatic carbocycles. The summed E-state index contributed by atoms with van der Waals surface area (Å²) in [7, 11) is 2.07. The van der Waals surface area contributed by atoms with E-state index < -0.39 is 5.54 Å². The Labute approximate surface area is 127 Å². The van der Waals surface area contributed by atoms with Gasteiger partial charge in [-0.1, -0.05) is 12.8 Å². The third kappa shape index (κ3) is 3.37. The molecular weight excluding hydrogens is 268 g/mol. The number of rotatable bonds is 5. The van der Waals surface area contributed by atoms with Crippen molar-refractivity contribution >= 4 is 11.9 Å². The third-order valence-corrected chi connectivity index (χ3v) is 4.86. The summed E-state index contributed by atoms with van der Waals surface area (Å²) in [6.07, 6.45) is 4.83. The molecule has 0 aromatic rings. The molecule has 0 aromatic carbocycles. The normalized spacial score (nSPS) is 29.1. The lowest BCUT2D eigenvalue weighted by Gasteiger charge is -2.38. The zero-order chi connectivity index (χ0) is 15.6. The van der Waals surface area contributed by atoms with E-state index in [4.69, 9.17) is 5.73 Å². The molecule has 120 valence electrons. The molecule has 2 unspecified atom stereocenters. The number of hydrogen-bond donors (Lipinski definition) is 2. The van der Waals surface area contributed by atoms with Gasteiger partial charge in [-0.05, 0) is 46.2 Å². The number of amides is 3. The minimum Gasteiger partial charge on any atom is -0.330 e. The number of nitrogens with one attached hydrogen (secondary N) is 1. The van der Waals surface area contributed by atoms with E-state index in [0.29, 0.717) is 31.6 Å². The topological polar surface area (TPSA) is 78.7 Å². The van der Waals surface area contributed by atoms with E-state index in [-0.39, 0.29) is 11.9 Å². The summed E-state index contributed by atoms with van der Waals surface area (Å²) in [6, 6.07) is 0.190. The van der Waals surface area contributed by atoms with Crippen LogP contribution in [0.5, 0.6) is 0 Å². The van der Waals surface area contributed by atoms with Crippen molar-refractivity contribution in [3.63, 3.8) is 0 Å². The molecule has 21 heavy (non-hydrogen) atoms. The number of imide groups is 1. The first-order valence-corrected chi connectivity index (χ1v) is 7.91. The van der Waals surface area contributed by atoms with Gasteiger partial charge in [0, 0.05) is 19.1 Å². The van der Waals surface area contributed by atoms with Crippen molar-refractivity contribution in [2.24, 2.45) is 11.7 Å². The Balaban J connectivity index is 1.90. The Kier molecular flexibility index (Phi) is 4.88. The number of urea groups is 1. The summed E-state index contributed by atoms with van der Waals surface area (Å²) in [5, 5.41) is 2.72. The van der Waals surface area contributed by atoms with Crippen molar-refractivity contribution in [3.8, 4) is 0 Å². The number of likely N-dealkylation sites (N-methyl/N-ethyl adjacent to an activating group) is 1. The van der Waals surface area contributed by atoms with Crippen LogP contribution in [0.25, 0.3) is 0 Å². The summed E-state index contributed by atoms with van der Waals surface area (Å²) in [4.78, 5) is 27.6. The maximum atomic E-state index is 12.2. The maximum absolute atomic E-state index is 12.2. The van der Waals surface area contributed by atoms with Crippen molar-refractivity contribution in [2.45, 2.75) is 51.1 Å². The van der Waals surface area contributed by atoms with Gasteiger partial charge in [0.25, 0.3) is 5.91 Å². The standard InChI is InChI=1S/C15H28N4O2/c1-15(2)13(20)19(14(21)17-15)9-8-18(3)12-7-5-4-6-11(12)10-16/h11-12H,4-10,16H2,1-3H3,(H,17,21). The van der Waals surface area contributed by atoms with Crippen molar-refractivity contribution in [1.82, 2.24) is 15.1 Å². The fraction of sp³-hybridized carbons (Fsp3) is 0.867. The smallest absolute Gasteiger partial charge is 0.325 e. The van der Waals surface area contributed by atoms with Crippen molar-refractivity contribution in [3.05, 3.63) is 0 Å². The van der Waals surface area contributed by atoms with E-state index in [1.807, 2.05) is 0 Å². The van der Waals surface area contributed by atoms with Gasteiger partial charge in [-0.3, -0.25) is 9.69 Å². The molecule has 2 rings (SSSR count). The fourth-order valence-electron chi connectivity index (χ4n) is 3.49. The van der Waals surface area contributed by atoms with Crippen LogP contribution in [0.3, 0.4) is 0 Å². The van der Waals surface area contributed by atoms with Gasteiger partial charge in [-0.25, -0.2) is 4.79 Å². The highest BCUT2D eigenvalue weighted by Crippen LogP contribution is 2.27. The van der Waals surface area contributed by atoms with Crippen LogP contribution in [0.2, 0.25) is 0 Å². The predicted octanol–water partition coefficient (Wildman–Crippen LogP) is 0.766. The Hall–Kier alpha value is -1.14. The average Bonchev–Trinajstić information content (AvgIpc) is 2.65. The SMILES string of the molecule is CN(CCN1C(=O)NC(C)(C)C1=O)C1CCCCC1CN. The molecule has 1 saturated carbocycles. The second-order valence-corrected chi connectivity index (χ2v) is 6.84. The Morgan fingerprint density at radius 2 is 2.00 bits per heavy atom. The summed E-state index contributed by atoms with van der Waals surface area (Å²) < 4.78 is 0. The number of nitrogens with zero attached hydrogens (tertiary/aromatic N) is 2. The van der Waals surface area contributed by atoms with E-state index in [9.17, 15) is 9.59 Å². The molecule has 0 aromatic heterocycles. The highest BCUT2D eigenvalue weighted by molar-refractivity contribution is 6.06. The molecule has 1 aliphatic heterocycles. The zero-order valence-corrected chi connectivity index (χ0v) is 13.4. The van der Waals surface area contributed by atoms with Crippen molar-refractivity contribution in [1.29, 1.82) is 0 Å². The van der Waals surface area contributed by atoms with E-state index in [2.05, 4.69) is 17.3 Å². The monoisotopic (exact) mass is 296 g/mol. The lowest BCUT2D eigenvalue weighted by atomic mass is 9.84. The number of hydrogen-bond acceptors (Lipinski definition) is 4. The van der Waals surface area contributed by atoms with E-state index in [1.54, 1.807) is 13.8 Å². The molecule has 0 radical (unpaired) electrons. The second-order valence-electron chi connectivity index (χ2n) is 6.84. The molecule has 2 atom stereocenters. The van der Waals surface area contributed by atoms with Gasteiger partial charge in [0.2, 0.25) is 0 Å². The zero-order valence-electron chi connectivity index (χ0n) is 13.4. The van der Waals surface area contributed by atoms with E-state index in [0.717, 1.165) is 6.42 Å². The van der Waals surface area contributed by atoms with Crippen molar-refractivity contribution < 1.29 is 9.59 Å². The van der Waals surface area contributed by atoms with Gasteiger partial charge in [0.1, 0.15) is 5.54 Å². The number of carbonyl (C=O) groups is 2. The molecule has 1 heterocycles. The van der Waals surface area contributed by atoms with E-state index >= 15 is 0 Å². The maximum Gasteiger partial charge on any atom is 0.325 e. The summed E-state index contributed by atoms with van der Waals surface area (Å²) >= 11 is 0. The van der Waals surface area contributed by atoms with Crippen LogP contribution in [-0.4, -0.2) is 60.0 Å². The number of nitrogens with two attached hydrogens (primary N) is 1. The molecule has 3 N–H and O–H groups in total. The van der Waals surface area contributed by atoms with E-state index in [1.165, 1.54) is 24.2 Å². The average molecular weight is 296 g/mol. The minimum atomic E-state index is -0.777. The van der Waals surface area contributed by atoms with Gasteiger partial charge in [0.05, 0.1) is 0 Å². The van der Waals surface area contributed by atoms with Crippen LogP contribution >= 0.6 is 0 Å². The minimum absolute atomic E-state index is 0.139. The van der Waals surface area contributed by atoms with Gasteiger partial charge in [-0.15, -0.1) is 0 Å². The first-order chi connectivity index (χ1) is 9.86. The lowest BCUT2D eigenvalue weighted by Crippen LogP contribution is -2.47. The Morgan fingerprint density at radius 1 is 1.33 bits per heavy atom. The molecule has 2 aliphatic rings. The molecule has 6 nitrogen and oxygen atoms in total. The highest BCUT2D eigenvalue weighted by atomic mass is 16.2. The van der Waals surface area contributed by atoms with Gasteiger partial charge < -0.3 is 16.0 Å². The Morgan fingerprint density at radius 3 is 2.57 bits per heavy atom. The van der Waals surface area contributed by atoms with Crippen LogP contribution in [0.1, 0.15) is 39.5 Å². The highest BCUT2D eigenvalue weighted by Gasteiger charge is 2.44. The fourth-order valence-corrected chi connectivity index (χ4v) is 3.49. The molecule has 0 bridgehead atoms. The molecule has 3 amide bonds. The van der Waals surface area contributed by atoms with Crippen LogP contribution in [0, 0.1) is 5.92 Å². The van der Waals surface area contributed by atoms with Gasteiger partial charge >= 0.3 is 6.03 Å². The summed E-state index contributed by atoms with van der Waals surface area (Å²) in [5.74, 6) is 0.392. The summed E-state index contributed by atoms with van der Waals surface area (Å²) in [5.41, 5.74) is 5.10. The number of carbonyl (C=O) groups excluding carboxylic acids is 2. The summed E-state index contributed by atoms with van der Waals surface area (Å²) in [6.45, 7) is 5.34. The van der Waals surface area contributed by atoms with Crippen molar-refractivity contribution in [2.75, 3.05) is 26.7 Å². The lowest BCUT2D eigenvalue weighted by molar-refractivity contribution is -0.130. The predicted molar refractivity (Wildman–Crippen MR) is 81.8 cm³/mol. The van der Waals surface area contributed by atoms with Crippen LogP contribution < -0.4 is 11.1 Å². The molecular formula is C15H28N4O2. The molecule has 6 heteroatoms. The van der Waals surface area contributed by atoms with Gasteiger partial charge in [-0.2, -0.15) is 0 Å². The van der Waals surface area contributed by atoms with Crippen LogP contribution in [-0.2, 0) is 4.79 Å². The van der Waals surface area contributed by atoms with Crippen LogP contribution in [0.15, 0.2) is 0 Å². The quantitative estimate of drug-likeness (QED) is 0.734. The second kappa shape index (κ2) is 6.32.